The number of hydrogen-bond acceptors (Lipinski definition) is 4. The Morgan fingerprint density at radius 2 is 2.08 bits per heavy atom. The molecule has 2 bridgehead atoms. The van der Waals surface area contributed by atoms with Crippen LogP contribution in [0.25, 0.3) is 6.08 Å². The molecule has 0 unspecified atom stereocenters. The Morgan fingerprint density at radius 1 is 1.33 bits per heavy atom. The zero-order valence-corrected chi connectivity index (χ0v) is 14.8. The molecule has 0 saturated heterocycles. The molecule has 0 aromatic heterocycles. The summed E-state index contributed by atoms with van der Waals surface area (Å²) < 4.78 is 10.8. The van der Waals surface area contributed by atoms with Crippen molar-refractivity contribution in [2.24, 2.45) is 16.7 Å². The van der Waals surface area contributed by atoms with E-state index in [0.717, 1.165) is 18.4 Å². The number of fused-ring (bicyclic) bond motifs is 2. The highest BCUT2D eigenvalue weighted by atomic mass is 16.5. The second-order valence-electron chi connectivity index (χ2n) is 7.80. The summed E-state index contributed by atoms with van der Waals surface area (Å²) in [5.41, 5.74) is 1.08. The second-order valence-corrected chi connectivity index (χ2v) is 7.80. The Kier molecular flexibility index (Phi) is 4.10. The number of phenolic OH excluding ortho intramolecular Hbond substituents is 1. The topological polar surface area (TPSA) is 55.8 Å². The molecule has 1 aromatic carbocycles. The predicted octanol–water partition coefficient (Wildman–Crippen LogP) is 4.17. The van der Waals surface area contributed by atoms with Gasteiger partial charge in [-0.2, -0.15) is 0 Å². The van der Waals surface area contributed by atoms with Crippen molar-refractivity contribution < 1.29 is 19.4 Å². The lowest BCUT2D eigenvalue weighted by molar-refractivity contribution is -0.150. The van der Waals surface area contributed by atoms with E-state index in [4.69, 9.17) is 9.47 Å². The number of carbonyl (C=O) groups excluding carboxylic acids is 1. The number of hydrogen-bond donors (Lipinski definition) is 1. The number of aromatic hydroxyl groups is 1. The predicted molar refractivity (Wildman–Crippen MR) is 92.8 cm³/mol. The molecule has 1 aromatic rings. The van der Waals surface area contributed by atoms with Crippen molar-refractivity contribution in [3.8, 4) is 11.5 Å². The fourth-order valence-corrected chi connectivity index (χ4v) is 4.45. The van der Waals surface area contributed by atoms with Gasteiger partial charge in [-0.3, -0.25) is 0 Å². The van der Waals surface area contributed by atoms with E-state index in [-0.39, 0.29) is 28.7 Å². The summed E-state index contributed by atoms with van der Waals surface area (Å²) in [6.45, 7) is 6.86. The van der Waals surface area contributed by atoms with Crippen LogP contribution in [0.15, 0.2) is 24.3 Å². The summed E-state index contributed by atoms with van der Waals surface area (Å²) in [7, 11) is 1.49. The van der Waals surface area contributed by atoms with Gasteiger partial charge in [0, 0.05) is 11.5 Å². The Bertz CT molecular complexity index is 676. The minimum atomic E-state index is -0.309. The van der Waals surface area contributed by atoms with Gasteiger partial charge in [-0.05, 0) is 54.4 Å². The molecule has 0 aliphatic heterocycles. The number of methoxy groups -OCH3 is 1. The highest BCUT2D eigenvalue weighted by Crippen LogP contribution is 2.66. The fraction of sp³-hybridized carbons (Fsp3) is 0.550. The monoisotopic (exact) mass is 330 g/mol. The van der Waals surface area contributed by atoms with Crippen LogP contribution in [0.3, 0.4) is 0 Å². The molecule has 3 atom stereocenters. The van der Waals surface area contributed by atoms with Crippen LogP contribution in [0.4, 0.5) is 0 Å². The molecule has 2 aliphatic rings. The van der Waals surface area contributed by atoms with Crippen molar-refractivity contribution in [1.29, 1.82) is 0 Å². The zero-order valence-electron chi connectivity index (χ0n) is 14.8. The van der Waals surface area contributed by atoms with Gasteiger partial charge in [0.25, 0.3) is 0 Å². The number of benzene rings is 1. The smallest absolute Gasteiger partial charge is 0.331 e. The van der Waals surface area contributed by atoms with Gasteiger partial charge in [0.1, 0.15) is 6.10 Å². The summed E-state index contributed by atoms with van der Waals surface area (Å²) in [4.78, 5) is 12.2. The number of ether oxygens (including phenoxy) is 2. The Morgan fingerprint density at radius 3 is 2.67 bits per heavy atom. The van der Waals surface area contributed by atoms with Crippen LogP contribution in [0.5, 0.6) is 11.5 Å². The molecule has 130 valence electrons. The second kappa shape index (κ2) is 5.83. The Balaban J connectivity index is 1.67. The molecule has 1 N–H and O–H groups in total. The molecular formula is C20H26O4. The van der Waals surface area contributed by atoms with Crippen molar-refractivity contribution >= 4 is 12.0 Å². The maximum Gasteiger partial charge on any atom is 0.331 e. The zero-order chi connectivity index (χ0) is 17.5. The molecule has 2 aliphatic carbocycles. The summed E-state index contributed by atoms with van der Waals surface area (Å²) in [6.07, 6.45) is 6.47. The quantitative estimate of drug-likeness (QED) is 0.665. The van der Waals surface area contributed by atoms with Crippen LogP contribution in [-0.4, -0.2) is 24.3 Å². The van der Waals surface area contributed by atoms with Crippen LogP contribution in [-0.2, 0) is 9.53 Å². The van der Waals surface area contributed by atoms with Gasteiger partial charge in [0.2, 0.25) is 0 Å². The van der Waals surface area contributed by atoms with Gasteiger partial charge in [0.05, 0.1) is 7.11 Å². The molecule has 2 fully saturated rings. The third-order valence-electron chi connectivity index (χ3n) is 6.59. The van der Waals surface area contributed by atoms with Gasteiger partial charge in [-0.25, -0.2) is 4.79 Å². The highest BCUT2D eigenvalue weighted by molar-refractivity contribution is 5.87. The van der Waals surface area contributed by atoms with Crippen molar-refractivity contribution in [3.63, 3.8) is 0 Å². The number of carbonyl (C=O) groups is 1. The molecule has 2 saturated carbocycles. The lowest BCUT2D eigenvalue weighted by Crippen LogP contribution is -2.38. The third-order valence-corrected chi connectivity index (χ3v) is 6.59. The SMILES string of the molecule is COc1cc(C=CC(=O)O[C@@H]2C[C@@H]3CC[C@@]2(C)C3(C)C)ccc1O. The molecule has 0 spiro atoms. The highest BCUT2D eigenvalue weighted by Gasteiger charge is 2.62. The van der Waals surface area contributed by atoms with E-state index in [9.17, 15) is 9.90 Å². The summed E-state index contributed by atoms with van der Waals surface area (Å²) in [6, 6.07) is 4.95. The lowest BCUT2D eigenvalue weighted by atomic mass is 9.70. The van der Waals surface area contributed by atoms with Crippen molar-refractivity contribution in [3.05, 3.63) is 29.8 Å². The summed E-state index contributed by atoms with van der Waals surface area (Å²) in [5.74, 6) is 0.796. The summed E-state index contributed by atoms with van der Waals surface area (Å²) in [5, 5.41) is 9.60. The van der Waals surface area contributed by atoms with Crippen LogP contribution in [0, 0.1) is 16.7 Å². The normalized spacial score (nSPS) is 30.7. The molecular weight excluding hydrogens is 304 g/mol. The average molecular weight is 330 g/mol. The van der Waals surface area contributed by atoms with Crippen LogP contribution >= 0.6 is 0 Å². The van der Waals surface area contributed by atoms with E-state index in [0.29, 0.717) is 11.7 Å². The van der Waals surface area contributed by atoms with E-state index in [1.54, 1.807) is 24.3 Å². The fourth-order valence-electron chi connectivity index (χ4n) is 4.45. The van der Waals surface area contributed by atoms with Crippen LogP contribution in [0.1, 0.15) is 45.6 Å². The number of phenols is 1. The van der Waals surface area contributed by atoms with Gasteiger partial charge in [-0.1, -0.05) is 26.8 Å². The van der Waals surface area contributed by atoms with E-state index in [1.165, 1.54) is 19.6 Å². The van der Waals surface area contributed by atoms with Gasteiger partial charge >= 0.3 is 5.97 Å². The minimum Gasteiger partial charge on any atom is -0.504 e. The standard InChI is InChI=1S/C20H26O4/c1-19(2)14-9-10-20(19,3)17(12-14)24-18(22)8-6-13-5-7-15(21)16(11-13)23-4/h5-8,11,14,17,21H,9-10,12H2,1-4H3/t14-,17+,20+/m0/s1. The van der Waals surface area contributed by atoms with Crippen molar-refractivity contribution in [1.82, 2.24) is 0 Å². The molecule has 0 amide bonds. The lowest BCUT2D eigenvalue weighted by Gasteiger charge is -2.38. The largest absolute Gasteiger partial charge is 0.504 e. The molecule has 4 heteroatoms. The average Bonchev–Trinajstić information content (AvgIpc) is 2.87. The van der Waals surface area contributed by atoms with E-state index < -0.39 is 0 Å². The Labute approximate surface area is 143 Å². The van der Waals surface area contributed by atoms with Crippen molar-refractivity contribution in [2.75, 3.05) is 7.11 Å². The maximum absolute atomic E-state index is 12.2. The summed E-state index contributed by atoms with van der Waals surface area (Å²) >= 11 is 0. The first-order valence-corrected chi connectivity index (χ1v) is 8.53. The minimum absolute atomic E-state index is 0.00208. The van der Waals surface area contributed by atoms with Crippen molar-refractivity contribution in [2.45, 2.75) is 46.1 Å². The number of rotatable bonds is 4. The maximum atomic E-state index is 12.2. The first-order valence-electron chi connectivity index (χ1n) is 8.53. The molecule has 3 rings (SSSR count). The third kappa shape index (κ3) is 2.58. The molecule has 24 heavy (non-hydrogen) atoms. The molecule has 0 heterocycles. The van der Waals surface area contributed by atoms with Crippen LogP contribution in [0.2, 0.25) is 0 Å². The molecule has 4 nitrogen and oxygen atoms in total. The number of esters is 1. The van der Waals surface area contributed by atoms with E-state index in [1.807, 2.05) is 0 Å². The van der Waals surface area contributed by atoms with Crippen LogP contribution < -0.4 is 4.74 Å². The van der Waals surface area contributed by atoms with E-state index in [2.05, 4.69) is 20.8 Å². The van der Waals surface area contributed by atoms with E-state index >= 15 is 0 Å². The van der Waals surface area contributed by atoms with Gasteiger partial charge < -0.3 is 14.6 Å². The van der Waals surface area contributed by atoms with Gasteiger partial charge in [-0.15, -0.1) is 0 Å². The first kappa shape index (κ1) is 16.9. The van der Waals surface area contributed by atoms with Gasteiger partial charge in [0.15, 0.2) is 11.5 Å². The molecule has 0 radical (unpaired) electrons. The first-order chi connectivity index (χ1) is 11.3. The Hall–Kier alpha value is -1.97.